The Hall–Kier alpha value is -2.99. The fourth-order valence-electron chi connectivity index (χ4n) is 1.73. The van der Waals surface area contributed by atoms with Crippen molar-refractivity contribution in [1.82, 2.24) is 0 Å². The maximum absolute atomic E-state index is 12.1. The summed E-state index contributed by atoms with van der Waals surface area (Å²) in [6.07, 6.45) is 1.28. The lowest BCUT2D eigenvalue weighted by Crippen LogP contribution is -2.14. The van der Waals surface area contributed by atoms with E-state index in [9.17, 15) is 4.79 Å². The van der Waals surface area contributed by atoms with Gasteiger partial charge >= 0.3 is 0 Å². The minimum absolute atomic E-state index is 0.134. The Morgan fingerprint density at radius 1 is 1.08 bits per heavy atom. The number of hydrogen-bond acceptors (Lipinski definition) is 4. The van der Waals surface area contributed by atoms with Gasteiger partial charge in [-0.25, -0.2) is 0 Å². The number of carbonyl (C=O) groups excluding carboxylic acids is 1. The SMILES string of the molecule is N#C/C(=C/Nc1ccc(C#N)cc1)C(=O)Nc1ccc(Cl)cc1Cl. The summed E-state index contributed by atoms with van der Waals surface area (Å²) < 4.78 is 0. The predicted molar refractivity (Wildman–Crippen MR) is 93.6 cm³/mol. The Balaban J connectivity index is 2.10. The molecule has 0 fully saturated rings. The van der Waals surface area contributed by atoms with Crippen molar-refractivity contribution < 1.29 is 4.79 Å². The van der Waals surface area contributed by atoms with Crippen LogP contribution in [0.2, 0.25) is 10.0 Å². The van der Waals surface area contributed by atoms with E-state index in [1.807, 2.05) is 12.1 Å². The predicted octanol–water partition coefficient (Wildman–Crippen LogP) is 4.32. The Bertz CT molecular complexity index is 877. The van der Waals surface area contributed by atoms with Crippen LogP contribution in [-0.2, 0) is 4.79 Å². The third-order valence-corrected chi connectivity index (χ3v) is 3.49. The van der Waals surface area contributed by atoms with E-state index < -0.39 is 5.91 Å². The fourth-order valence-corrected chi connectivity index (χ4v) is 2.18. The van der Waals surface area contributed by atoms with E-state index in [1.165, 1.54) is 12.3 Å². The summed E-state index contributed by atoms with van der Waals surface area (Å²) in [5, 5.41) is 24.0. The van der Waals surface area contributed by atoms with Crippen LogP contribution < -0.4 is 10.6 Å². The van der Waals surface area contributed by atoms with E-state index in [0.29, 0.717) is 22.0 Å². The van der Waals surface area contributed by atoms with Gasteiger partial charge in [-0.2, -0.15) is 10.5 Å². The second-order valence-corrected chi connectivity index (χ2v) is 5.43. The number of nitrogens with zero attached hydrogens (tertiary/aromatic N) is 2. The maximum atomic E-state index is 12.1. The lowest BCUT2D eigenvalue weighted by atomic mass is 10.2. The van der Waals surface area contributed by atoms with Gasteiger partial charge in [-0.05, 0) is 42.5 Å². The van der Waals surface area contributed by atoms with Crippen molar-refractivity contribution in [3.63, 3.8) is 0 Å². The van der Waals surface area contributed by atoms with Crippen LogP contribution in [-0.4, -0.2) is 5.91 Å². The van der Waals surface area contributed by atoms with Crippen LogP contribution in [0.4, 0.5) is 11.4 Å². The highest BCUT2D eigenvalue weighted by Gasteiger charge is 2.11. The standard InChI is InChI=1S/C17H10Cl2N4O/c18-13-3-6-16(15(19)7-13)23-17(24)12(9-21)10-22-14-4-1-11(8-20)2-5-14/h1-7,10,22H,(H,23,24)/b12-10-. The first-order chi connectivity index (χ1) is 11.5. The van der Waals surface area contributed by atoms with Gasteiger partial charge in [0.15, 0.2) is 0 Å². The van der Waals surface area contributed by atoms with Gasteiger partial charge in [-0.3, -0.25) is 4.79 Å². The first-order valence-corrected chi connectivity index (χ1v) is 7.42. The minimum Gasteiger partial charge on any atom is -0.360 e. The van der Waals surface area contributed by atoms with Gasteiger partial charge in [0, 0.05) is 16.9 Å². The van der Waals surface area contributed by atoms with Gasteiger partial charge in [0.2, 0.25) is 0 Å². The van der Waals surface area contributed by atoms with Crippen LogP contribution in [0.25, 0.3) is 0 Å². The number of benzene rings is 2. The molecule has 0 bridgehead atoms. The summed E-state index contributed by atoms with van der Waals surface area (Å²) in [4.78, 5) is 12.1. The van der Waals surface area contributed by atoms with Crippen molar-refractivity contribution in [1.29, 1.82) is 10.5 Å². The van der Waals surface area contributed by atoms with E-state index in [1.54, 1.807) is 36.4 Å². The summed E-state index contributed by atoms with van der Waals surface area (Å²) in [5.74, 6) is -0.608. The van der Waals surface area contributed by atoms with Crippen LogP contribution in [0.15, 0.2) is 54.2 Å². The highest BCUT2D eigenvalue weighted by atomic mass is 35.5. The van der Waals surface area contributed by atoms with Crippen molar-refractivity contribution in [3.05, 3.63) is 69.8 Å². The molecule has 0 aliphatic rings. The van der Waals surface area contributed by atoms with E-state index in [2.05, 4.69) is 10.6 Å². The quantitative estimate of drug-likeness (QED) is 0.630. The topological polar surface area (TPSA) is 88.7 Å². The molecule has 0 heterocycles. The molecule has 5 nitrogen and oxygen atoms in total. The molecule has 0 radical (unpaired) electrons. The largest absolute Gasteiger partial charge is 0.360 e. The molecule has 0 spiro atoms. The van der Waals surface area contributed by atoms with Gasteiger partial charge in [-0.1, -0.05) is 23.2 Å². The zero-order valence-corrected chi connectivity index (χ0v) is 13.7. The summed E-state index contributed by atoms with van der Waals surface area (Å²) in [6, 6.07) is 15.0. The van der Waals surface area contributed by atoms with E-state index in [0.717, 1.165) is 0 Å². The summed E-state index contributed by atoms with van der Waals surface area (Å²) in [6.45, 7) is 0. The first-order valence-electron chi connectivity index (χ1n) is 6.67. The molecule has 2 N–H and O–H groups in total. The van der Waals surface area contributed by atoms with E-state index in [-0.39, 0.29) is 10.6 Å². The van der Waals surface area contributed by atoms with Gasteiger partial charge in [0.25, 0.3) is 5.91 Å². The molecule has 0 atom stereocenters. The summed E-state index contributed by atoms with van der Waals surface area (Å²) >= 11 is 11.8. The molecular weight excluding hydrogens is 347 g/mol. The van der Waals surface area contributed by atoms with E-state index in [4.69, 9.17) is 33.7 Å². The number of nitriles is 2. The molecule has 0 aromatic heterocycles. The Morgan fingerprint density at radius 3 is 2.38 bits per heavy atom. The fraction of sp³-hybridized carbons (Fsp3) is 0. The van der Waals surface area contributed by atoms with Crippen molar-refractivity contribution in [3.8, 4) is 12.1 Å². The average molecular weight is 357 g/mol. The van der Waals surface area contributed by atoms with Crippen molar-refractivity contribution in [2.75, 3.05) is 10.6 Å². The summed E-state index contributed by atoms with van der Waals surface area (Å²) in [5.41, 5.74) is 1.37. The minimum atomic E-state index is -0.608. The molecule has 118 valence electrons. The van der Waals surface area contributed by atoms with Gasteiger partial charge in [0.1, 0.15) is 11.6 Å². The number of nitrogens with one attached hydrogen (secondary N) is 2. The zero-order chi connectivity index (χ0) is 17.5. The monoisotopic (exact) mass is 356 g/mol. The molecule has 0 unspecified atom stereocenters. The molecule has 0 aliphatic carbocycles. The van der Waals surface area contributed by atoms with Crippen LogP contribution in [0.3, 0.4) is 0 Å². The third-order valence-electron chi connectivity index (χ3n) is 2.94. The second kappa shape index (κ2) is 8.03. The van der Waals surface area contributed by atoms with Crippen LogP contribution in [0, 0.1) is 22.7 Å². The number of anilines is 2. The number of halogens is 2. The van der Waals surface area contributed by atoms with Gasteiger partial charge in [0.05, 0.1) is 22.3 Å². The maximum Gasteiger partial charge on any atom is 0.267 e. The summed E-state index contributed by atoms with van der Waals surface area (Å²) in [7, 11) is 0. The lowest BCUT2D eigenvalue weighted by molar-refractivity contribution is -0.112. The molecule has 2 aromatic carbocycles. The van der Waals surface area contributed by atoms with Crippen molar-refractivity contribution in [2.45, 2.75) is 0 Å². The number of hydrogen-bond donors (Lipinski definition) is 2. The lowest BCUT2D eigenvalue weighted by Gasteiger charge is -2.07. The molecule has 2 rings (SSSR count). The molecule has 0 saturated carbocycles. The Morgan fingerprint density at radius 2 is 1.79 bits per heavy atom. The molecular formula is C17H10Cl2N4O. The van der Waals surface area contributed by atoms with E-state index >= 15 is 0 Å². The molecule has 0 aliphatic heterocycles. The molecule has 0 saturated heterocycles. The van der Waals surface area contributed by atoms with Gasteiger partial charge in [-0.15, -0.1) is 0 Å². The molecule has 2 aromatic rings. The first kappa shape index (κ1) is 17.4. The molecule has 24 heavy (non-hydrogen) atoms. The zero-order valence-electron chi connectivity index (χ0n) is 12.2. The smallest absolute Gasteiger partial charge is 0.267 e. The van der Waals surface area contributed by atoms with Crippen molar-refractivity contribution in [2.24, 2.45) is 0 Å². The number of carbonyl (C=O) groups is 1. The molecule has 1 amide bonds. The Labute approximate surface area is 148 Å². The van der Waals surface area contributed by atoms with Crippen molar-refractivity contribution >= 4 is 40.5 Å². The third kappa shape index (κ3) is 4.50. The Kier molecular flexibility index (Phi) is 5.81. The normalized spacial score (nSPS) is 10.4. The number of amides is 1. The highest BCUT2D eigenvalue weighted by Crippen LogP contribution is 2.25. The molecule has 7 heteroatoms. The average Bonchev–Trinajstić information content (AvgIpc) is 2.58. The highest BCUT2D eigenvalue weighted by molar-refractivity contribution is 6.36. The van der Waals surface area contributed by atoms with Gasteiger partial charge < -0.3 is 10.6 Å². The number of rotatable bonds is 4. The second-order valence-electron chi connectivity index (χ2n) is 4.58. The van der Waals surface area contributed by atoms with Crippen LogP contribution >= 0.6 is 23.2 Å². The van der Waals surface area contributed by atoms with Crippen LogP contribution in [0.1, 0.15) is 5.56 Å². The van der Waals surface area contributed by atoms with Crippen LogP contribution in [0.5, 0.6) is 0 Å².